The van der Waals surface area contributed by atoms with E-state index < -0.39 is 19.7 Å². The maximum Gasteiger partial charge on any atom is 0.278 e. The SMILES string of the molecule is Nc1cc([N+](=O)[O-])cc([N+](=O)[O-])c1.Nc1cc([N+](=O)[O-])cc([N+](=O)[O-])c1. The lowest BCUT2D eigenvalue weighted by Gasteiger charge is -1.94. The van der Waals surface area contributed by atoms with Crippen LogP contribution < -0.4 is 11.5 Å². The number of nitro groups is 4. The number of nitrogen functional groups attached to an aromatic ring is 2. The number of non-ortho nitro benzene ring substituents is 4. The highest BCUT2D eigenvalue weighted by molar-refractivity contribution is 5.56. The van der Waals surface area contributed by atoms with Gasteiger partial charge in [-0.15, -0.1) is 0 Å². The van der Waals surface area contributed by atoms with E-state index in [0.29, 0.717) is 0 Å². The maximum absolute atomic E-state index is 10.3. The highest BCUT2D eigenvalue weighted by Gasteiger charge is 2.15. The zero-order valence-electron chi connectivity index (χ0n) is 12.7. The van der Waals surface area contributed by atoms with Crippen molar-refractivity contribution in [2.24, 2.45) is 0 Å². The van der Waals surface area contributed by atoms with Crippen LogP contribution in [0.1, 0.15) is 0 Å². The average molecular weight is 366 g/mol. The molecule has 0 saturated carbocycles. The van der Waals surface area contributed by atoms with Crippen molar-refractivity contribution in [1.29, 1.82) is 0 Å². The summed E-state index contributed by atoms with van der Waals surface area (Å²) in [5.41, 5.74) is 8.92. The van der Waals surface area contributed by atoms with Crippen LogP contribution in [-0.4, -0.2) is 19.7 Å². The van der Waals surface area contributed by atoms with Crippen molar-refractivity contribution < 1.29 is 19.7 Å². The highest BCUT2D eigenvalue weighted by Crippen LogP contribution is 2.24. The molecule has 0 heterocycles. The Labute approximate surface area is 143 Å². The van der Waals surface area contributed by atoms with Crippen LogP contribution in [0.25, 0.3) is 0 Å². The van der Waals surface area contributed by atoms with Crippen LogP contribution in [0.3, 0.4) is 0 Å². The minimum absolute atomic E-state index is 0.000833. The molecule has 0 amide bonds. The molecule has 0 aliphatic rings. The topological polar surface area (TPSA) is 225 Å². The third-order valence-corrected chi connectivity index (χ3v) is 2.69. The lowest BCUT2D eigenvalue weighted by atomic mass is 10.2. The smallest absolute Gasteiger partial charge is 0.278 e. The van der Waals surface area contributed by atoms with E-state index in [2.05, 4.69) is 0 Å². The normalized spacial score (nSPS) is 9.54. The fraction of sp³-hybridized carbons (Fsp3) is 0. The van der Waals surface area contributed by atoms with Gasteiger partial charge >= 0.3 is 0 Å². The zero-order chi connectivity index (χ0) is 20.0. The molecule has 0 atom stereocenters. The van der Waals surface area contributed by atoms with Gasteiger partial charge in [0.15, 0.2) is 0 Å². The Bertz CT molecular complexity index is 761. The number of hydrogen-bond donors (Lipinski definition) is 2. The molecule has 26 heavy (non-hydrogen) atoms. The molecule has 0 aliphatic carbocycles. The molecule has 0 spiro atoms. The summed E-state index contributed by atoms with van der Waals surface area (Å²) in [5.74, 6) is 0. The van der Waals surface area contributed by atoms with Gasteiger partial charge in [0.05, 0.1) is 31.8 Å². The zero-order valence-corrected chi connectivity index (χ0v) is 12.7. The summed E-state index contributed by atoms with van der Waals surface area (Å²) in [6, 6.07) is 5.96. The van der Waals surface area contributed by atoms with Crippen LogP contribution in [0.4, 0.5) is 34.1 Å². The van der Waals surface area contributed by atoms with E-state index in [1.165, 1.54) is 0 Å². The fourth-order valence-corrected chi connectivity index (χ4v) is 1.66. The minimum Gasteiger partial charge on any atom is -0.398 e. The van der Waals surface area contributed by atoms with Crippen LogP contribution in [0.2, 0.25) is 0 Å². The van der Waals surface area contributed by atoms with Crippen LogP contribution in [0, 0.1) is 40.5 Å². The van der Waals surface area contributed by atoms with E-state index in [-0.39, 0.29) is 34.1 Å². The van der Waals surface area contributed by atoms with Crippen molar-refractivity contribution in [3.05, 3.63) is 76.9 Å². The van der Waals surface area contributed by atoms with Crippen molar-refractivity contribution in [2.45, 2.75) is 0 Å². The molecule has 14 heteroatoms. The third kappa shape index (κ3) is 5.37. The standard InChI is InChI=1S/2C6H5N3O4/c2*7-4-1-5(8(10)11)3-6(2-4)9(12)13/h2*1-3H,7H2. The minimum atomic E-state index is -0.733. The summed E-state index contributed by atoms with van der Waals surface area (Å²) in [6.45, 7) is 0. The van der Waals surface area contributed by atoms with Gasteiger partial charge < -0.3 is 11.5 Å². The van der Waals surface area contributed by atoms with Gasteiger partial charge in [-0.05, 0) is 0 Å². The number of anilines is 2. The van der Waals surface area contributed by atoms with Crippen LogP contribution >= 0.6 is 0 Å². The van der Waals surface area contributed by atoms with Crippen molar-refractivity contribution in [2.75, 3.05) is 11.5 Å². The summed E-state index contributed by atoms with van der Waals surface area (Å²) < 4.78 is 0. The number of rotatable bonds is 4. The molecule has 0 radical (unpaired) electrons. The van der Waals surface area contributed by atoms with Gasteiger partial charge in [0, 0.05) is 35.6 Å². The van der Waals surface area contributed by atoms with Crippen molar-refractivity contribution in [1.82, 2.24) is 0 Å². The van der Waals surface area contributed by atoms with Crippen molar-refractivity contribution in [3.63, 3.8) is 0 Å². The second-order valence-corrected chi connectivity index (χ2v) is 4.59. The van der Waals surface area contributed by atoms with Gasteiger partial charge in [-0.25, -0.2) is 0 Å². The molecule has 2 rings (SSSR count). The summed E-state index contributed by atoms with van der Waals surface area (Å²) in [6.07, 6.45) is 0. The second kappa shape index (κ2) is 7.95. The largest absolute Gasteiger partial charge is 0.398 e. The Kier molecular flexibility index (Phi) is 6.02. The van der Waals surface area contributed by atoms with E-state index in [1.807, 2.05) is 0 Å². The van der Waals surface area contributed by atoms with Gasteiger partial charge in [0.1, 0.15) is 0 Å². The van der Waals surface area contributed by atoms with E-state index in [0.717, 1.165) is 36.4 Å². The predicted octanol–water partition coefficient (Wildman–Crippen LogP) is 2.17. The third-order valence-electron chi connectivity index (χ3n) is 2.69. The summed E-state index contributed by atoms with van der Waals surface area (Å²) in [7, 11) is 0. The molecular formula is C12H10N6O8. The van der Waals surface area contributed by atoms with E-state index in [4.69, 9.17) is 11.5 Å². The number of benzene rings is 2. The monoisotopic (exact) mass is 366 g/mol. The molecule has 0 fully saturated rings. The molecule has 0 saturated heterocycles. The van der Waals surface area contributed by atoms with E-state index in [9.17, 15) is 40.5 Å². The number of nitrogens with zero attached hydrogens (tertiary/aromatic N) is 4. The molecule has 4 N–H and O–H groups in total. The van der Waals surface area contributed by atoms with Gasteiger partial charge in [0.2, 0.25) is 0 Å². The lowest BCUT2D eigenvalue weighted by molar-refractivity contribution is -0.394. The molecule has 0 unspecified atom stereocenters. The Morgan fingerprint density at radius 2 is 0.692 bits per heavy atom. The fourth-order valence-electron chi connectivity index (χ4n) is 1.66. The second-order valence-electron chi connectivity index (χ2n) is 4.59. The van der Waals surface area contributed by atoms with Crippen LogP contribution in [0.15, 0.2) is 36.4 Å². The molecule has 0 bridgehead atoms. The molecule has 14 nitrogen and oxygen atoms in total. The first-order valence-corrected chi connectivity index (χ1v) is 6.40. The lowest BCUT2D eigenvalue weighted by Crippen LogP contribution is -1.95. The first kappa shape index (κ1) is 19.7. The molecular weight excluding hydrogens is 356 g/mol. The Morgan fingerprint density at radius 1 is 0.500 bits per heavy atom. The summed E-state index contributed by atoms with van der Waals surface area (Å²) in [5, 5.41) is 41.0. The summed E-state index contributed by atoms with van der Waals surface area (Å²) in [4.78, 5) is 38.1. The van der Waals surface area contributed by atoms with E-state index >= 15 is 0 Å². The van der Waals surface area contributed by atoms with Gasteiger partial charge in [0.25, 0.3) is 22.7 Å². The summed E-state index contributed by atoms with van der Waals surface area (Å²) >= 11 is 0. The van der Waals surface area contributed by atoms with Crippen molar-refractivity contribution >= 4 is 34.1 Å². The maximum atomic E-state index is 10.3. The van der Waals surface area contributed by atoms with Crippen LogP contribution in [0.5, 0.6) is 0 Å². The molecule has 0 aromatic heterocycles. The first-order valence-electron chi connectivity index (χ1n) is 6.40. The quantitative estimate of drug-likeness (QED) is 0.455. The predicted molar refractivity (Wildman–Crippen MR) is 88.3 cm³/mol. The molecule has 2 aromatic carbocycles. The first-order chi connectivity index (χ1) is 12.0. The Balaban J connectivity index is 0.000000260. The van der Waals surface area contributed by atoms with Gasteiger partial charge in [-0.3, -0.25) is 40.5 Å². The highest BCUT2D eigenvalue weighted by atomic mass is 16.6. The van der Waals surface area contributed by atoms with Gasteiger partial charge in [-0.1, -0.05) is 0 Å². The number of nitrogens with two attached hydrogens (primary N) is 2. The van der Waals surface area contributed by atoms with Crippen LogP contribution in [-0.2, 0) is 0 Å². The number of hydrogen-bond acceptors (Lipinski definition) is 10. The van der Waals surface area contributed by atoms with E-state index in [1.54, 1.807) is 0 Å². The molecule has 2 aromatic rings. The van der Waals surface area contributed by atoms with Gasteiger partial charge in [-0.2, -0.15) is 0 Å². The average Bonchev–Trinajstić information content (AvgIpc) is 2.54. The van der Waals surface area contributed by atoms with Crippen molar-refractivity contribution in [3.8, 4) is 0 Å². The molecule has 0 aliphatic heterocycles. The Morgan fingerprint density at radius 3 is 0.846 bits per heavy atom. The number of nitro benzene ring substituents is 4. The molecule has 136 valence electrons. The Hall–Kier alpha value is -4.36.